The molecule has 1 aromatic carbocycles. The number of carbonyl (C=O) groups is 1. The molecular formula is C16H19Cl3N4O. The highest BCUT2D eigenvalue weighted by molar-refractivity contribution is 6.32. The molecule has 1 aliphatic heterocycles. The number of aromatic nitrogens is 1. The van der Waals surface area contributed by atoms with Crippen LogP contribution in [0.1, 0.15) is 16.8 Å². The van der Waals surface area contributed by atoms with Crippen molar-refractivity contribution in [2.75, 3.05) is 23.7 Å². The molecule has 2 heterocycles. The van der Waals surface area contributed by atoms with Crippen molar-refractivity contribution in [3.05, 3.63) is 53.2 Å². The standard InChI is InChI=1S/C16H17ClN4O.2ClH/c17-14-5-2-7-19-15(14)21-8-6-13(10-21)20-16(22)11-3-1-4-12(18)9-11;;/h1-5,7,9,13H,6,8,10,18H2,(H,20,22);2*1H. The lowest BCUT2D eigenvalue weighted by Crippen LogP contribution is -2.37. The van der Waals surface area contributed by atoms with Crippen LogP contribution in [0.3, 0.4) is 0 Å². The van der Waals surface area contributed by atoms with Crippen LogP contribution in [0.5, 0.6) is 0 Å². The molecule has 1 fully saturated rings. The van der Waals surface area contributed by atoms with Gasteiger partial charge in [-0.1, -0.05) is 17.7 Å². The molecule has 1 aromatic heterocycles. The van der Waals surface area contributed by atoms with Crippen LogP contribution in [0, 0.1) is 0 Å². The number of carbonyl (C=O) groups excluding carboxylic acids is 1. The molecule has 3 rings (SSSR count). The monoisotopic (exact) mass is 388 g/mol. The van der Waals surface area contributed by atoms with Gasteiger partial charge < -0.3 is 16.0 Å². The van der Waals surface area contributed by atoms with Crippen LogP contribution >= 0.6 is 36.4 Å². The van der Waals surface area contributed by atoms with Gasteiger partial charge in [0.05, 0.1) is 5.02 Å². The third-order valence-corrected chi connectivity index (χ3v) is 4.01. The second kappa shape index (κ2) is 8.97. The lowest BCUT2D eigenvalue weighted by atomic mass is 10.1. The fraction of sp³-hybridized carbons (Fsp3) is 0.250. The average Bonchev–Trinajstić information content (AvgIpc) is 2.96. The number of hydrogen-bond donors (Lipinski definition) is 2. The number of pyridine rings is 1. The maximum atomic E-state index is 12.2. The lowest BCUT2D eigenvalue weighted by Gasteiger charge is -2.19. The molecule has 1 amide bonds. The number of anilines is 2. The quantitative estimate of drug-likeness (QED) is 0.791. The smallest absolute Gasteiger partial charge is 0.251 e. The molecule has 130 valence electrons. The fourth-order valence-electron chi connectivity index (χ4n) is 2.63. The zero-order valence-electron chi connectivity index (χ0n) is 12.8. The average molecular weight is 390 g/mol. The van der Waals surface area contributed by atoms with Gasteiger partial charge in [0.15, 0.2) is 0 Å². The van der Waals surface area contributed by atoms with Gasteiger partial charge in [0.1, 0.15) is 5.82 Å². The number of hydrogen-bond acceptors (Lipinski definition) is 4. The van der Waals surface area contributed by atoms with Crippen molar-refractivity contribution in [2.45, 2.75) is 12.5 Å². The van der Waals surface area contributed by atoms with E-state index in [-0.39, 0.29) is 36.8 Å². The lowest BCUT2D eigenvalue weighted by molar-refractivity contribution is 0.0940. The number of nitrogens with one attached hydrogen (secondary N) is 1. The van der Waals surface area contributed by atoms with Crippen molar-refractivity contribution in [1.29, 1.82) is 0 Å². The van der Waals surface area contributed by atoms with Crippen LogP contribution in [-0.2, 0) is 0 Å². The summed E-state index contributed by atoms with van der Waals surface area (Å²) in [6.07, 6.45) is 2.58. The van der Waals surface area contributed by atoms with E-state index < -0.39 is 0 Å². The number of nitrogens with two attached hydrogens (primary N) is 1. The van der Waals surface area contributed by atoms with E-state index in [2.05, 4.69) is 15.2 Å². The third kappa shape index (κ3) is 4.66. The first-order valence-electron chi connectivity index (χ1n) is 7.15. The Morgan fingerprint density at radius 3 is 2.79 bits per heavy atom. The predicted octanol–water partition coefficient (Wildman–Crippen LogP) is 3.17. The fourth-order valence-corrected chi connectivity index (χ4v) is 2.87. The molecule has 1 atom stereocenters. The Balaban J connectivity index is 0.00000144. The van der Waals surface area contributed by atoms with Crippen LogP contribution < -0.4 is 16.0 Å². The van der Waals surface area contributed by atoms with Gasteiger partial charge in [0.25, 0.3) is 5.91 Å². The molecule has 24 heavy (non-hydrogen) atoms. The second-order valence-electron chi connectivity index (χ2n) is 5.34. The van der Waals surface area contributed by atoms with Gasteiger partial charge in [-0.05, 0) is 36.8 Å². The Hall–Kier alpha value is -1.69. The van der Waals surface area contributed by atoms with Gasteiger partial charge in [-0.2, -0.15) is 0 Å². The molecule has 1 saturated heterocycles. The normalized spacial score (nSPS) is 16.0. The second-order valence-corrected chi connectivity index (χ2v) is 5.75. The van der Waals surface area contributed by atoms with Crippen molar-refractivity contribution >= 4 is 53.8 Å². The van der Waals surface area contributed by atoms with Crippen molar-refractivity contribution in [3.63, 3.8) is 0 Å². The minimum absolute atomic E-state index is 0. The summed E-state index contributed by atoms with van der Waals surface area (Å²) in [5.41, 5.74) is 6.87. The highest BCUT2D eigenvalue weighted by Gasteiger charge is 2.26. The Kier molecular flexibility index (Phi) is 7.60. The molecule has 8 heteroatoms. The summed E-state index contributed by atoms with van der Waals surface area (Å²) in [7, 11) is 0. The van der Waals surface area contributed by atoms with Gasteiger partial charge in [-0.25, -0.2) is 4.98 Å². The summed E-state index contributed by atoms with van der Waals surface area (Å²) < 4.78 is 0. The highest BCUT2D eigenvalue weighted by Crippen LogP contribution is 2.25. The number of amides is 1. The molecule has 0 saturated carbocycles. The molecule has 3 N–H and O–H groups in total. The van der Waals surface area contributed by atoms with Crippen LogP contribution in [0.2, 0.25) is 5.02 Å². The molecule has 0 spiro atoms. The SMILES string of the molecule is Cl.Cl.Nc1cccc(C(=O)NC2CCN(c3ncccc3Cl)C2)c1. The van der Waals surface area contributed by atoms with Crippen molar-refractivity contribution < 1.29 is 4.79 Å². The largest absolute Gasteiger partial charge is 0.399 e. The molecular weight excluding hydrogens is 371 g/mol. The minimum atomic E-state index is -0.105. The molecule has 5 nitrogen and oxygen atoms in total. The first-order valence-corrected chi connectivity index (χ1v) is 7.53. The van der Waals surface area contributed by atoms with E-state index in [1.165, 1.54) is 0 Å². The first kappa shape index (κ1) is 20.4. The number of halogens is 3. The van der Waals surface area contributed by atoms with Gasteiger partial charge in [-0.15, -0.1) is 24.8 Å². The van der Waals surface area contributed by atoms with E-state index in [0.29, 0.717) is 22.8 Å². The maximum Gasteiger partial charge on any atom is 0.251 e. The summed E-state index contributed by atoms with van der Waals surface area (Å²) in [5.74, 6) is 0.663. The third-order valence-electron chi connectivity index (χ3n) is 3.71. The van der Waals surface area contributed by atoms with E-state index >= 15 is 0 Å². The van der Waals surface area contributed by atoms with Crippen molar-refractivity contribution in [2.24, 2.45) is 0 Å². The first-order chi connectivity index (χ1) is 10.6. The van der Waals surface area contributed by atoms with Crippen molar-refractivity contribution in [1.82, 2.24) is 10.3 Å². The van der Waals surface area contributed by atoms with Crippen LogP contribution in [0.4, 0.5) is 11.5 Å². The molecule has 0 bridgehead atoms. The zero-order valence-corrected chi connectivity index (χ0v) is 15.2. The summed E-state index contributed by atoms with van der Waals surface area (Å²) in [5, 5.41) is 3.66. The summed E-state index contributed by atoms with van der Waals surface area (Å²) in [4.78, 5) is 18.6. The van der Waals surface area contributed by atoms with E-state index in [4.69, 9.17) is 17.3 Å². The van der Waals surface area contributed by atoms with Crippen LogP contribution in [-0.4, -0.2) is 30.0 Å². The number of nitrogens with zero attached hydrogens (tertiary/aromatic N) is 2. The topological polar surface area (TPSA) is 71.2 Å². The van der Waals surface area contributed by atoms with E-state index in [1.54, 1.807) is 36.5 Å². The van der Waals surface area contributed by atoms with E-state index in [1.807, 2.05) is 6.07 Å². The Labute approximate surface area is 158 Å². The Morgan fingerprint density at radius 1 is 1.29 bits per heavy atom. The molecule has 0 radical (unpaired) electrons. The molecule has 1 unspecified atom stereocenters. The molecule has 1 aliphatic rings. The molecule has 0 aliphatic carbocycles. The van der Waals surface area contributed by atoms with Crippen LogP contribution in [0.15, 0.2) is 42.6 Å². The van der Waals surface area contributed by atoms with Gasteiger partial charge in [0, 0.05) is 36.6 Å². The highest BCUT2D eigenvalue weighted by atomic mass is 35.5. The van der Waals surface area contributed by atoms with Crippen LogP contribution in [0.25, 0.3) is 0 Å². The zero-order chi connectivity index (χ0) is 15.5. The molecule has 2 aromatic rings. The van der Waals surface area contributed by atoms with E-state index in [0.717, 1.165) is 18.8 Å². The number of rotatable bonds is 3. The maximum absolute atomic E-state index is 12.2. The summed E-state index contributed by atoms with van der Waals surface area (Å²) in [6, 6.07) is 10.7. The minimum Gasteiger partial charge on any atom is -0.399 e. The van der Waals surface area contributed by atoms with Crippen molar-refractivity contribution in [3.8, 4) is 0 Å². The van der Waals surface area contributed by atoms with Gasteiger partial charge in [-0.3, -0.25) is 4.79 Å². The van der Waals surface area contributed by atoms with Gasteiger partial charge in [0.2, 0.25) is 0 Å². The van der Waals surface area contributed by atoms with Gasteiger partial charge >= 0.3 is 0 Å². The summed E-state index contributed by atoms with van der Waals surface area (Å²) >= 11 is 6.17. The number of benzene rings is 1. The Morgan fingerprint density at radius 2 is 2.08 bits per heavy atom. The van der Waals surface area contributed by atoms with E-state index in [9.17, 15) is 4.79 Å². The number of nitrogen functional groups attached to an aromatic ring is 1. The predicted molar refractivity (Wildman–Crippen MR) is 103 cm³/mol. The Bertz CT molecular complexity index is 699. The summed E-state index contributed by atoms with van der Waals surface area (Å²) in [6.45, 7) is 1.52.